The van der Waals surface area contributed by atoms with Crippen molar-refractivity contribution in [1.29, 1.82) is 0 Å². The molecule has 35 heavy (non-hydrogen) atoms. The number of fused-ring (bicyclic) bond motifs is 1. The highest BCUT2D eigenvalue weighted by molar-refractivity contribution is 7.91. The molecule has 194 valence electrons. The zero-order chi connectivity index (χ0) is 25.5. The van der Waals surface area contributed by atoms with Crippen LogP contribution in [0.2, 0.25) is 0 Å². The summed E-state index contributed by atoms with van der Waals surface area (Å²) >= 11 is 0. The lowest BCUT2D eigenvalue weighted by molar-refractivity contribution is -0.348. The summed E-state index contributed by atoms with van der Waals surface area (Å²) in [6.07, 6.45) is -12.0. The Bertz CT molecular complexity index is 1170. The molecule has 1 aliphatic heterocycles. The van der Waals surface area contributed by atoms with Gasteiger partial charge in [-0.1, -0.05) is 25.1 Å². The van der Waals surface area contributed by atoms with Crippen LogP contribution < -0.4 is 10.6 Å². The fraction of sp³-hybridized carbons (Fsp3) is 0.381. The molecule has 0 saturated carbocycles. The van der Waals surface area contributed by atoms with Gasteiger partial charge in [0.1, 0.15) is 6.04 Å². The van der Waals surface area contributed by atoms with Crippen molar-refractivity contribution >= 4 is 33.8 Å². The second-order valence-electron chi connectivity index (χ2n) is 7.62. The molecule has 1 atom stereocenters. The molecule has 0 radical (unpaired) electrons. The van der Waals surface area contributed by atoms with Gasteiger partial charge in [-0.15, -0.1) is 12.4 Å². The highest BCUT2D eigenvalue weighted by Gasteiger charge is 2.73. The molecule has 0 aromatic heterocycles. The molecule has 1 unspecified atom stereocenters. The summed E-state index contributed by atoms with van der Waals surface area (Å²) in [7, 11) is -3.47. The minimum atomic E-state index is -6.24. The number of nitrogens with one attached hydrogen (secondary N) is 2. The fourth-order valence-electron chi connectivity index (χ4n) is 3.62. The number of rotatable bonds is 5. The number of carbonyl (C=O) groups is 1. The zero-order valence-corrected chi connectivity index (χ0v) is 19.6. The Morgan fingerprint density at radius 3 is 2.09 bits per heavy atom. The van der Waals surface area contributed by atoms with Gasteiger partial charge in [-0.25, -0.2) is 12.8 Å². The number of benzene rings is 2. The third-order valence-electron chi connectivity index (χ3n) is 5.50. The van der Waals surface area contributed by atoms with Crippen LogP contribution in [0.1, 0.15) is 29.7 Å². The van der Waals surface area contributed by atoms with Crippen molar-refractivity contribution in [3.05, 3.63) is 59.2 Å². The van der Waals surface area contributed by atoms with Gasteiger partial charge in [0.25, 0.3) is 0 Å². The quantitative estimate of drug-likeness (QED) is 0.515. The number of hydrogen-bond donors (Lipinski definition) is 2. The van der Waals surface area contributed by atoms with E-state index in [0.29, 0.717) is 36.2 Å². The molecule has 0 fully saturated rings. The van der Waals surface area contributed by atoms with Crippen molar-refractivity contribution in [2.45, 2.75) is 42.3 Å². The van der Waals surface area contributed by atoms with Gasteiger partial charge in [0.2, 0.25) is 5.91 Å². The number of amides is 1. The zero-order valence-electron chi connectivity index (χ0n) is 17.9. The van der Waals surface area contributed by atoms with E-state index in [2.05, 4.69) is 10.6 Å². The SMILES string of the molecule is CCS(=O)(=O)c1ccc2c(c1)CCNC2C(=O)Nc1ccc(C(F)(C(F)(F)F)C(F)(F)F)cc1.Cl. The van der Waals surface area contributed by atoms with Gasteiger partial charge in [0, 0.05) is 17.8 Å². The normalized spacial score (nSPS) is 16.7. The average Bonchev–Trinajstić information content (AvgIpc) is 2.76. The summed E-state index contributed by atoms with van der Waals surface area (Å²) < 4.78 is 116. The van der Waals surface area contributed by atoms with Crippen LogP contribution in [0, 0.1) is 0 Å². The van der Waals surface area contributed by atoms with E-state index in [1.165, 1.54) is 25.1 Å². The number of hydrogen-bond acceptors (Lipinski definition) is 4. The predicted octanol–water partition coefficient (Wildman–Crippen LogP) is 5.02. The molecule has 1 aliphatic rings. The minimum Gasteiger partial charge on any atom is -0.324 e. The third-order valence-corrected chi connectivity index (χ3v) is 7.23. The lowest BCUT2D eigenvalue weighted by Crippen LogP contribution is -2.50. The topological polar surface area (TPSA) is 75.3 Å². The lowest BCUT2D eigenvalue weighted by atomic mass is 9.93. The summed E-state index contributed by atoms with van der Waals surface area (Å²) in [5.41, 5.74) is -6.30. The molecule has 1 heterocycles. The molecular formula is C21H20ClF7N2O3S. The molecule has 0 bridgehead atoms. The molecule has 2 aromatic rings. The van der Waals surface area contributed by atoms with Gasteiger partial charge >= 0.3 is 18.0 Å². The Balaban J connectivity index is 0.00000432. The van der Waals surface area contributed by atoms with Crippen LogP contribution in [-0.4, -0.2) is 39.0 Å². The van der Waals surface area contributed by atoms with E-state index in [0.717, 1.165) is 12.1 Å². The van der Waals surface area contributed by atoms with Crippen LogP contribution >= 0.6 is 12.4 Å². The van der Waals surface area contributed by atoms with Crippen LogP contribution in [0.25, 0.3) is 0 Å². The highest BCUT2D eigenvalue weighted by atomic mass is 35.5. The van der Waals surface area contributed by atoms with Crippen LogP contribution in [0.3, 0.4) is 0 Å². The predicted molar refractivity (Wildman–Crippen MR) is 116 cm³/mol. The van der Waals surface area contributed by atoms with Gasteiger partial charge < -0.3 is 10.6 Å². The molecule has 0 saturated heterocycles. The van der Waals surface area contributed by atoms with Gasteiger partial charge in [0.15, 0.2) is 9.84 Å². The van der Waals surface area contributed by atoms with Crippen LogP contribution in [0.15, 0.2) is 47.4 Å². The molecule has 2 aromatic carbocycles. The molecule has 0 aliphatic carbocycles. The van der Waals surface area contributed by atoms with Crippen molar-refractivity contribution in [2.24, 2.45) is 0 Å². The first-order valence-corrected chi connectivity index (χ1v) is 11.6. The Hall–Kier alpha value is -2.38. The van der Waals surface area contributed by atoms with E-state index >= 15 is 0 Å². The second kappa shape index (κ2) is 9.94. The summed E-state index contributed by atoms with van der Waals surface area (Å²) in [6, 6.07) is 5.43. The number of halogens is 8. The van der Waals surface area contributed by atoms with Crippen molar-refractivity contribution in [2.75, 3.05) is 17.6 Å². The molecular weight excluding hydrogens is 529 g/mol. The van der Waals surface area contributed by atoms with Crippen LogP contribution in [0.4, 0.5) is 36.4 Å². The van der Waals surface area contributed by atoms with Crippen molar-refractivity contribution in [3.8, 4) is 0 Å². The third kappa shape index (κ3) is 5.41. The van der Waals surface area contributed by atoms with E-state index in [1.807, 2.05) is 0 Å². The minimum absolute atomic E-state index is 0. The van der Waals surface area contributed by atoms with E-state index in [-0.39, 0.29) is 28.7 Å². The summed E-state index contributed by atoms with van der Waals surface area (Å²) in [6.45, 7) is 1.81. The average molecular weight is 549 g/mol. The Kier molecular flexibility index (Phi) is 8.19. The van der Waals surface area contributed by atoms with E-state index in [9.17, 15) is 43.9 Å². The number of alkyl halides is 7. The van der Waals surface area contributed by atoms with E-state index in [4.69, 9.17) is 0 Å². The maximum atomic E-state index is 14.1. The summed E-state index contributed by atoms with van der Waals surface area (Å²) in [5, 5.41) is 5.28. The lowest BCUT2D eigenvalue weighted by Gasteiger charge is -2.30. The van der Waals surface area contributed by atoms with Gasteiger partial charge in [0.05, 0.1) is 10.6 Å². The standard InChI is InChI=1S/C21H19F7N2O3S.ClH/c1-2-34(32,33)15-7-8-16-12(11-15)9-10-29-17(16)18(31)30-14-5-3-13(4-6-14)19(22,20(23,24)25)21(26,27)28;/h3-8,11,17,29H,2,9-10H2,1H3,(H,30,31);1H. The van der Waals surface area contributed by atoms with Crippen molar-refractivity contribution < 1.29 is 43.9 Å². The fourth-order valence-corrected chi connectivity index (χ4v) is 4.55. The van der Waals surface area contributed by atoms with Crippen LogP contribution in [-0.2, 0) is 26.7 Å². The molecule has 2 N–H and O–H groups in total. The monoisotopic (exact) mass is 548 g/mol. The van der Waals surface area contributed by atoms with Crippen LogP contribution in [0.5, 0.6) is 0 Å². The Morgan fingerprint density at radius 1 is 1.00 bits per heavy atom. The molecule has 5 nitrogen and oxygen atoms in total. The molecule has 3 rings (SSSR count). The number of anilines is 1. The molecule has 1 amide bonds. The highest BCUT2D eigenvalue weighted by Crippen LogP contribution is 2.53. The summed E-state index contributed by atoms with van der Waals surface area (Å²) in [4.78, 5) is 12.8. The van der Waals surface area contributed by atoms with Crippen molar-refractivity contribution in [1.82, 2.24) is 5.32 Å². The van der Waals surface area contributed by atoms with Gasteiger partial charge in [-0.05, 0) is 41.8 Å². The number of carbonyl (C=O) groups excluding carboxylic acids is 1. The first kappa shape index (κ1) is 28.9. The Morgan fingerprint density at radius 2 is 1.57 bits per heavy atom. The van der Waals surface area contributed by atoms with Gasteiger partial charge in [-0.3, -0.25) is 4.79 Å². The molecule has 0 spiro atoms. The van der Waals surface area contributed by atoms with E-state index < -0.39 is 45.4 Å². The first-order valence-electron chi connectivity index (χ1n) is 9.94. The van der Waals surface area contributed by atoms with E-state index in [1.54, 1.807) is 0 Å². The largest absolute Gasteiger partial charge is 0.435 e. The maximum Gasteiger partial charge on any atom is 0.435 e. The summed E-state index contributed by atoms with van der Waals surface area (Å²) in [5.74, 6) is -0.787. The number of sulfone groups is 1. The second-order valence-corrected chi connectivity index (χ2v) is 9.90. The first-order chi connectivity index (χ1) is 15.6. The van der Waals surface area contributed by atoms with Gasteiger partial charge in [-0.2, -0.15) is 26.3 Å². The Labute approximate surface area is 202 Å². The van der Waals surface area contributed by atoms with Crippen molar-refractivity contribution in [3.63, 3.8) is 0 Å². The maximum absolute atomic E-state index is 14.1. The smallest absolute Gasteiger partial charge is 0.324 e. The molecule has 14 heteroatoms.